The number of nitriles is 1. The highest BCUT2D eigenvalue weighted by molar-refractivity contribution is 9.10. The predicted molar refractivity (Wildman–Crippen MR) is 154 cm³/mol. The number of nitrogens with zero attached hydrogens (tertiary/aromatic N) is 2. The Kier molecular flexibility index (Phi) is 10.9. The first-order chi connectivity index (χ1) is 18.7. The summed E-state index contributed by atoms with van der Waals surface area (Å²) in [5.74, 6) is 0.327. The lowest BCUT2D eigenvalue weighted by Gasteiger charge is -2.19. The van der Waals surface area contributed by atoms with E-state index < -0.39 is 11.9 Å². The van der Waals surface area contributed by atoms with Crippen molar-refractivity contribution in [2.75, 3.05) is 7.11 Å². The summed E-state index contributed by atoms with van der Waals surface area (Å²) in [5, 5.41) is 16.3. The van der Waals surface area contributed by atoms with Crippen LogP contribution in [-0.4, -0.2) is 31.2 Å². The van der Waals surface area contributed by atoms with Crippen molar-refractivity contribution >= 4 is 45.6 Å². The lowest BCUT2D eigenvalue weighted by molar-refractivity contribution is -0.123. The maximum Gasteiger partial charge on any atom is 0.262 e. The van der Waals surface area contributed by atoms with Crippen molar-refractivity contribution in [3.05, 3.63) is 92.4 Å². The van der Waals surface area contributed by atoms with Crippen LogP contribution in [0.4, 0.5) is 0 Å². The summed E-state index contributed by atoms with van der Waals surface area (Å²) in [4.78, 5) is 25.5. The molecule has 2 amide bonds. The highest BCUT2D eigenvalue weighted by Gasteiger charge is 2.22. The summed E-state index contributed by atoms with van der Waals surface area (Å²) in [7, 11) is 1.53. The molecule has 3 rings (SSSR count). The third-order valence-corrected chi connectivity index (χ3v) is 6.38. The van der Waals surface area contributed by atoms with E-state index in [1.165, 1.54) is 13.3 Å². The quantitative estimate of drug-likeness (QED) is 0.208. The number of methoxy groups -OCH3 is 1. The maximum atomic E-state index is 12.9. The third-order valence-electron chi connectivity index (χ3n) is 5.54. The molecular formula is C29H28BrClN4O4. The first kappa shape index (κ1) is 29.7. The Morgan fingerprint density at radius 1 is 1.13 bits per heavy atom. The van der Waals surface area contributed by atoms with E-state index in [1.54, 1.807) is 48.5 Å². The molecule has 0 aliphatic heterocycles. The fourth-order valence-corrected chi connectivity index (χ4v) is 4.28. The molecule has 2 N–H and O–H groups in total. The molecule has 0 heterocycles. The molecule has 0 radical (unpaired) electrons. The summed E-state index contributed by atoms with van der Waals surface area (Å²) in [6, 6.07) is 18.4. The Labute approximate surface area is 241 Å². The Balaban J connectivity index is 1.66. The van der Waals surface area contributed by atoms with Crippen LogP contribution >= 0.6 is 27.5 Å². The molecule has 0 saturated heterocycles. The number of hydrogen-bond acceptors (Lipinski definition) is 6. The molecule has 0 bridgehead atoms. The van der Waals surface area contributed by atoms with E-state index >= 15 is 0 Å². The fraction of sp³-hybridized carbons (Fsp3) is 0.241. The normalized spacial score (nSPS) is 11.6. The fourth-order valence-electron chi connectivity index (χ4n) is 3.58. The first-order valence-electron chi connectivity index (χ1n) is 12.1. The smallest absolute Gasteiger partial charge is 0.262 e. The maximum absolute atomic E-state index is 12.9. The highest BCUT2D eigenvalue weighted by Crippen LogP contribution is 2.36. The van der Waals surface area contributed by atoms with Gasteiger partial charge in [-0.1, -0.05) is 37.6 Å². The third kappa shape index (κ3) is 8.84. The van der Waals surface area contributed by atoms with Gasteiger partial charge in [-0.05, 0) is 87.9 Å². The van der Waals surface area contributed by atoms with E-state index in [9.17, 15) is 9.59 Å². The summed E-state index contributed by atoms with van der Waals surface area (Å²) < 4.78 is 12.1. The van der Waals surface area contributed by atoms with Gasteiger partial charge in [0.2, 0.25) is 0 Å². The lowest BCUT2D eigenvalue weighted by Crippen LogP contribution is -2.46. The second-order valence-corrected chi connectivity index (χ2v) is 10.3. The van der Waals surface area contributed by atoms with Gasteiger partial charge in [-0.3, -0.25) is 9.59 Å². The van der Waals surface area contributed by atoms with E-state index in [2.05, 4.69) is 37.8 Å². The molecule has 0 aliphatic rings. The minimum Gasteiger partial charge on any atom is -0.493 e. The van der Waals surface area contributed by atoms with Gasteiger partial charge in [0, 0.05) is 10.6 Å². The zero-order chi connectivity index (χ0) is 28.4. The Morgan fingerprint density at radius 2 is 1.82 bits per heavy atom. The number of halogens is 2. The zero-order valence-corrected chi connectivity index (χ0v) is 24.0. The molecule has 1 atom stereocenters. The Hall–Kier alpha value is -3.87. The standard InChI is InChI=1S/C29H28BrClN4O4/c1-18(2)12-25(34-28(36)22-8-10-23(31)11-9-22)29(37)35-33-16-21-13-24(30)27(26(14-21)38-3)39-17-20-6-4-19(15-32)5-7-20/h4-11,13-14,16,18,25H,12,17H2,1-3H3,(H,34,36)(H,35,37)/b33-16+. The molecule has 0 aromatic heterocycles. The molecule has 1 unspecified atom stereocenters. The van der Waals surface area contributed by atoms with Crippen molar-refractivity contribution in [2.45, 2.75) is 32.9 Å². The van der Waals surface area contributed by atoms with E-state index in [4.69, 9.17) is 26.3 Å². The van der Waals surface area contributed by atoms with Crippen LogP contribution < -0.4 is 20.2 Å². The van der Waals surface area contributed by atoms with E-state index in [1.807, 2.05) is 26.0 Å². The molecule has 10 heteroatoms. The molecule has 0 spiro atoms. The number of ether oxygens (including phenoxy) is 2. The monoisotopic (exact) mass is 610 g/mol. The van der Waals surface area contributed by atoms with Crippen LogP contribution in [0.25, 0.3) is 0 Å². The van der Waals surface area contributed by atoms with Crippen LogP contribution in [0.3, 0.4) is 0 Å². The molecule has 0 fully saturated rings. The van der Waals surface area contributed by atoms with Crippen molar-refractivity contribution in [2.24, 2.45) is 11.0 Å². The average Bonchev–Trinajstić information content (AvgIpc) is 2.92. The minimum absolute atomic E-state index is 0.160. The summed E-state index contributed by atoms with van der Waals surface area (Å²) in [6.45, 7) is 4.21. The first-order valence-corrected chi connectivity index (χ1v) is 13.3. The van der Waals surface area contributed by atoms with Gasteiger partial charge in [0.25, 0.3) is 11.8 Å². The van der Waals surface area contributed by atoms with Crippen molar-refractivity contribution < 1.29 is 19.1 Å². The van der Waals surface area contributed by atoms with Crippen LogP contribution in [0.15, 0.2) is 70.2 Å². The number of carbonyl (C=O) groups is 2. The molecule has 3 aromatic rings. The minimum atomic E-state index is -0.774. The lowest BCUT2D eigenvalue weighted by atomic mass is 10.0. The van der Waals surface area contributed by atoms with Gasteiger partial charge in [-0.25, -0.2) is 5.43 Å². The van der Waals surface area contributed by atoms with Crippen LogP contribution in [-0.2, 0) is 11.4 Å². The summed E-state index contributed by atoms with van der Waals surface area (Å²) in [5.41, 5.74) is 5.04. The molecule has 39 heavy (non-hydrogen) atoms. The van der Waals surface area contributed by atoms with E-state index in [-0.39, 0.29) is 18.4 Å². The zero-order valence-electron chi connectivity index (χ0n) is 21.7. The van der Waals surface area contributed by atoms with Crippen molar-refractivity contribution in [3.63, 3.8) is 0 Å². The van der Waals surface area contributed by atoms with Crippen molar-refractivity contribution in [1.29, 1.82) is 5.26 Å². The Morgan fingerprint density at radius 3 is 2.44 bits per heavy atom. The topological polar surface area (TPSA) is 113 Å². The molecule has 202 valence electrons. The van der Waals surface area contributed by atoms with Crippen LogP contribution in [0.1, 0.15) is 47.3 Å². The number of nitrogens with one attached hydrogen (secondary N) is 2. The largest absolute Gasteiger partial charge is 0.493 e. The summed E-state index contributed by atoms with van der Waals surface area (Å²) in [6.07, 6.45) is 1.91. The van der Waals surface area contributed by atoms with Gasteiger partial charge >= 0.3 is 0 Å². The van der Waals surface area contributed by atoms with Gasteiger partial charge in [0.15, 0.2) is 11.5 Å². The van der Waals surface area contributed by atoms with Crippen molar-refractivity contribution in [1.82, 2.24) is 10.7 Å². The molecular weight excluding hydrogens is 584 g/mol. The number of hydrogen-bond donors (Lipinski definition) is 2. The molecule has 0 aliphatic carbocycles. The SMILES string of the molecule is COc1cc(/C=N/NC(=O)C(CC(C)C)NC(=O)c2ccc(Cl)cc2)cc(Br)c1OCc1ccc(C#N)cc1. The molecule has 0 saturated carbocycles. The van der Waals surface area contributed by atoms with Crippen LogP contribution in [0.5, 0.6) is 11.5 Å². The number of hydrazone groups is 1. The second kappa shape index (κ2) is 14.3. The van der Waals surface area contributed by atoms with Crippen LogP contribution in [0.2, 0.25) is 5.02 Å². The van der Waals surface area contributed by atoms with Gasteiger partial charge in [0.1, 0.15) is 12.6 Å². The van der Waals surface area contributed by atoms with Gasteiger partial charge < -0.3 is 14.8 Å². The van der Waals surface area contributed by atoms with Gasteiger partial charge in [-0.15, -0.1) is 0 Å². The average molecular weight is 612 g/mol. The molecule has 8 nitrogen and oxygen atoms in total. The Bertz CT molecular complexity index is 1370. The van der Waals surface area contributed by atoms with Crippen molar-refractivity contribution in [3.8, 4) is 17.6 Å². The number of amides is 2. The number of carbonyl (C=O) groups excluding carboxylic acids is 2. The van der Waals surface area contributed by atoms with E-state index in [0.29, 0.717) is 44.1 Å². The second-order valence-electron chi connectivity index (χ2n) is 9.03. The summed E-state index contributed by atoms with van der Waals surface area (Å²) >= 11 is 9.41. The number of benzene rings is 3. The highest BCUT2D eigenvalue weighted by atomic mass is 79.9. The van der Waals surface area contributed by atoms with E-state index in [0.717, 1.165) is 5.56 Å². The number of rotatable bonds is 11. The molecule has 3 aromatic carbocycles. The van der Waals surface area contributed by atoms with Crippen LogP contribution in [0, 0.1) is 17.2 Å². The predicted octanol–water partition coefficient (Wildman–Crippen LogP) is 5.86. The van der Waals surface area contributed by atoms with Gasteiger partial charge in [0.05, 0.1) is 29.4 Å². The van der Waals surface area contributed by atoms with Gasteiger partial charge in [-0.2, -0.15) is 10.4 Å².